The predicted molar refractivity (Wildman–Crippen MR) is 66.0 cm³/mol. The van der Waals surface area contributed by atoms with Gasteiger partial charge >= 0.3 is 5.97 Å². The molecular weight excluding hydrogens is 273 g/mol. The van der Waals surface area contributed by atoms with E-state index >= 15 is 0 Å². The quantitative estimate of drug-likeness (QED) is 0.879. The van der Waals surface area contributed by atoms with Crippen LogP contribution in [0.1, 0.15) is 29.3 Å². The first-order valence-electron chi connectivity index (χ1n) is 5.78. The molecule has 0 bridgehead atoms. The summed E-state index contributed by atoms with van der Waals surface area (Å²) >= 11 is 0. The number of sulfonamides is 1. The van der Waals surface area contributed by atoms with Crippen LogP contribution in [0.25, 0.3) is 0 Å². The summed E-state index contributed by atoms with van der Waals surface area (Å²) in [6, 6.07) is 1.65. The van der Waals surface area contributed by atoms with Crippen molar-refractivity contribution in [3.63, 3.8) is 0 Å². The average molecular weight is 287 g/mol. The zero-order chi connectivity index (χ0) is 14.4. The molecular formula is C12H14FNO4S. The van der Waals surface area contributed by atoms with Gasteiger partial charge in [0.1, 0.15) is 5.82 Å². The molecule has 0 heterocycles. The molecule has 1 saturated carbocycles. The highest BCUT2D eigenvalue weighted by molar-refractivity contribution is 7.89. The van der Waals surface area contributed by atoms with Gasteiger partial charge in [-0.1, -0.05) is 6.92 Å². The lowest BCUT2D eigenvalue weighted by molar-refractivity contribution is 0.0696. The van der Waals surface area contributed by atoms with E-state index in [0.29, 0.717) is 0 Å². The molecule has 0 saturated heterocycles. The Labute approximate surface area is 110 Å². The molecule has 2 unspecified atom stereocenters. The maximum Gasteiger partial charge on any atom is 0.335 e. The Hall–Kier alpha value is -1.47. The molecule has 104 valence electrons. The number of benzene rings is 1. The molecule has 1 aromatic rings. The molecule has 2 N–H and O–H groups in total. The van der Waals surface area contributed by atoms with Gasteiger partial charge in [0.2, 0.25) is 10.0 Å². The van der Waals surface area contributed by atoms with E-state index in [1.807, 2.05) is 6.92 Å². The third-order valence-electron chi connectivity index (χ3n) is 3.25. The number of aromatic carboxylic acids is 1. The van der Waals surface area contributed by atoms with E-state index in [2.05, 4.69) is 4.72 Å². The summed E-state index contributed by atoms with van der Waals surface area (Å²) in [4.78, 5) is 10.5. The van der Waals surface area contributed by atoms with Crippen molar-refractivity contribution in [2.24, 2.45) is 5.92 Å². The molecule has 1 aromatic carbocycles. The van der Waals surface area contributed by atoms with Crippen molar-refractivity contribution >= 4 is 16.0 Å². The van der Waals surface area contributed by atoms with Crippen LogP contribution >= 0.6 is 0 Å². The molecule has 0 aromatic heterocycles. The Balaban J connectivity index is 2.45. The fraction of sp³-hybridized carbons (Fsp3) is 0.417. The summed E-state index contributed by atoms with van der Waals surface area (Å²) in [5, 5.41) is 8.84. The summed E-state index contributed by atoms with van der Waals surface area (Å²) in [5.74, 6) is -1.96. The van der Waals surface area contributed by atoms with Crippen molar-refractivity contribution in [3.8, 4) is 0 Å². The second kappa shape index (κ2) is 4.57. The van der Waals surface area contributed by atoms with Crippen molar-refractivity contribution in [2.45, 2.75) is 31.2 Å². The third-order valence-corrected chi connectivity index (χ3v) is 4.87. The van der Waals surface area contributed by atoms with Gasteiger partial charge in [-0.15, -0.1) is 0 Å². The van der Waals surface area contributed by atoms with E-state index in [9.17, 15) is 17.6 Å². The van der Waals surface area contributed by atoms with Crippen molar-refractivity contribution in [3.05, 3.63) is 29.1 Å². The molecule has 0 amide bonds. The lowest BCUT2D eigenvalue weighted by atomic mass is 10.1. The number of hydrogen-bond donors (Lipinski definition) is 2. The van der Waals surface area contributed by atoms with Crippen LogP contribution in [0.15, 0.2) is 17.0 Å². The molecule has 2 atom stereocenters. The van der Waals surface area contributed by atoms with Crippen LogP contribution in [-0.2, 0) is 10.0 Å². The number of halogens is 1. The van der Waals surface area contributed by atoms with Crippen molar-refractivity contribution < 1.29 is 22.7 Å². The van der Waals surface area contributed by atoms with Gasteiger partial charge in [0.25, 0.3) is 0 Å². The number of hydrogen-bond acceptors (Lipinski definition) is 3. The fourth-order valence-electron chi connectivity index (χ4n) is 1.81. The van der Waals surface area contributed by atoms with Crippen molar-refractivity contribution in [1.29, 1.82) is 0 Å². The first-order valence-corrected chi connectivity index (χ1v) is 7.26. The van der Waals surface area contributed by atoms with Crippen LogP contribution in [-0.4, -0.2) is 25.5 Å². The second-order valence-electron chi connectivity index (χ2n) is 4.83. The van der Waals surface area contributed by atoms with E-state index in [0.717, 1.165) is 18.6 Å². The highest BCUT2D eigenvalue weighted by Gasteiger charge is 2.37. The van der Waals surface area contributed by atoms with E-state index < -0.39 is 21.8 Å². The zero-order valence-electron chi connectivity index (χ0n) is 10.5. The monoisotopic (exact) mass is 287 g/mol. The summed E-state index contributed by atoms with van der Waals surface area (Å²) < 4.78 is 40.3. The van der Waals surface area contributed by atoms with Crippen LogP contribution in [0.4, 0.5) is 4.39 Å². The topological polar surface area (TPSA) is 83.5 Å². The number of carbonyl (C=O) groups is 1. The Morgan fingerprint density at radius 2 is 2.05 bits per heavy atom. The largest absolute Gasteiger partial charge is 0.478 e. The Bertz CT molecular complexity index is 641. The predicted octanol–water partition coefficient (Wildman–Crippen LogP) is 1.52. The third kappa shape index (κ3) is 2.76. The summed E-state index contributed by atoms with van der Waals surface area (Å²) in [6.45, 7) is 3.21. The SMILES string of the molecule is Cc1c(F)cc(C(=O)O)cc1S(=O)(=O)NC1CC1C. The highest BCUT2D eigenvalue weighted by Crippen LogP contribution is 2.31. The minimum absolute atomic E-state index is 0.0780. The Morgan fingerprint density at radius 3 is 2.53 bits per heavy atom. The molecule has 5 nitrogen and oxygen atoms in total. The summed E-state index contributed by atoms with van der Waals surface area (Å²) in [7, 11) is -3.89. The molecule has 1 aliphatic carbocycles. The first kappa shape index (κ1) is 14.0. The van der Waals surface area contributed by atoms with Crippen LogP contribution < -0.4 is 4.72 Å². The highest BCUT2D eigenvalue weighted by atomic mass is 32.2. The van der Waals surface area contributed by atoms with Crippen LogP contribution in [0.5, 0.6) is 0 Å². The van der Waals surface area contributed by atoms with Crippen LogP contribution in [0, 0.1) is 18.7 Å². The maximum atomic E-state index is 13.6. The Kier molecular flexibility index (Phi) is 3.36. The van der Waals surface area contributed by atoms with Gasteiger partial charge in [0, 0.05) is 11.6 Å². The van der Waals surface area contributed by atoms with E-state index in [1.54, 1.807) is 0 Å². The molecule has 1 fully saturated rings. The van der Waals surface area contributed by atoms with Gasteiger partial charge in [0.15, 0.2) is 0 Å². The van der Waals surface area contributed by atoms with Crippen molar-refractivity contribution in [2.75, 3.05) is 0 Å². The number of nitrogens with one attached hydrogen (secondary N) is 1. The van der Waals surface area contributed by atoms with Crippen LogP contribution in [0.3, 0.4) is 0 Å². The van der Waals surface area contributed by atoms with Gasteiger partial charge in [-0.05, 0) is 31.4 Å². The second-order valence-corrected chi connectivity index (χ2v) is 6.51. The normalized spacial score (nSPS) is 22.3. The first-order chi connectivity index (χ1) is 8.72. The lowest BCUT2D eigenvalue weighted by Crippen LogP contribution is -2.28. The fourth-order valence-corrected chi connectivity index (χ4v) is 3.44. The Morgan fingerprint density at radius 1 is 1.47 bits per heavy atom. The number of rotatable bonds is 4. The molecule has 7 heteroatoms. The van der Waals surface area contributed by atoms with Crippen LogP contribution in [0.2, 0.25) is 0 Å². The maximum absolute atomic E-state index is 13.6. The van der Waals surface area contributed by atoms with Gasteiger partial charge in [0.05, 0.1) is 10.5 Å². The van der Waals surface area contributed by atoms with Gasteiger partial charge in [-0.3, -0.25) is 0 Å². The standard InChI is InChI=1S/C12H14FNO4S/c1-6-3-10(6)14-19(17,18)11-5-8(12(15)16)4-9(13)7(11)2/h4-6,10,14H,3H2,1-2H3,(H,15,16). The van der Waals surface area contributed by atoms with Gasteiger partial charge < -0.3 is 5.11 Å². The van der Waals surface area contributed by atoms with E-state index in [-0.39, 0.29) is 28.0 Å². The number of carboxylic acids is 1. The molecule has 2 rings (SSSR count). The van der Waals surface area contributed by atoms with Gasteiger partial charge in [-0.25, -0.2) is 22.3 Å². The molecule has 0 aliphatic heterocycles. The van der Waals surface area contributed by atoms with E-state index in [1.165, 1.54) is 6.92 Å². The molecule has 1 aliphatic rings. The molecule has 0 radical (unpaired) electrons. The number of carboxylic acid groups (broad SMARTS) is 1. The summed E-state index contributed by atoms with van der Waals surface area (Å²) in [5.41, 5.74) is -0.460. The lowest BCUT2D eigenvalue weighted by Gasteiger charge is -2.10. The summed E-state index contributed by atoms with van der Waals surface area (Å²) in [6.07, 6.45) is 0.735. The van der Waals surface area contributed by atoms with E-state index in [4.69, 9.17) is 5.11 Å². The molecule has 19 heavy (non-hydrogen) atoms. The minimum atomic E-state index is -3.89. The molecule has 0 spiro atoms. The van der Waals surface area contributed by atoms with Crippen molar-refractivity contribution in [1.82, 2.24) is 4.72 Å². The smallest absolute Gasteiger partial charge is 0.335 e. The van der Waals surface area contributed by atoms with Gasteiger partial charge in [-0.2, -0.15) is 0 Å². The minimum Gasteiger partial charge on any atom is -0.478 e. The average Bonchev–Trinajstić information content (AvgIpc) is 2.96. The zero-order valence-corrected chi connectivity index (χ0v) is 11.3.